The Balaban J connectivity index is 0.0000000996. The first-order chi connectivity index (χ1) is 66.3. The van der Waals surface area contributed by atoms with E-state index in [2.05, 4.69) is 252 Å². The fourth-order valence-corrected chi connectivity index (χ4v) is 45.9. The fraction of sp³-hybridized carbons (Fsp3) is 0.800. The van der Waals surface area contributed by atoms with E-state index >= 15 is 0 Å². The van der Waals surface area contributed by atoms with Gasteiger partial charge in [-0.05, 0) is 287 Å². The molecule has 8 saturated heterocycles. The first kappa shape index (κ1) is 102. The normalized spacial score (nSPS) is 41.7. The zero-order valence-corrected chi connectivity index (χ0v) is 112. The summed E-state index contributed by atoms with van der Waals surface area (Å²) >= 11 is 0. The number of nitrogens with zero attached hydrogens (tertiary/aromatic N) is 16. The maximum Gasteiger partial charge on any atom is 1.00 e. The molecule has 0 N–H and O–H groups in total. The quantitative estimate of drug-likeness (QED) is 0.137. The smallest absolute Gasteiger partial charge is 0.422 e. The van der Waals surface area contributed by atoms with Crippen LogP contribution in [0.2, 0.25) is 46.5 Å². The van der Waals surface area contributed by atoms with Gasteiger partial charge < -0.3 is 36.7 Å². The monoisotopic (exact) mass is 2710 g/mol. The minimum Gasteiger partial charge on any atom is -0.422 e. The molecule has 760 valence electrons. The third-order valence-corrected chi connectivity index (χ3v) is 57.2. The van der Waals surface area contributed by atoms with Crippen molar-refractivity contribution < 1.29 is 0 Å². The van der Waals surface area contributed by atoms with E-state index in [1.807, 2.05) is 0 Å². The zero-order valence-electron chi connectivity index (χ0n) is 93.9. The molecule has 16 heterocycles. The zero-order chi connectivity index (χ0) is 96.7. The van der Waals surface area contributed by atoms with Crippen molar-refractivity contribution >= 4 is 135 Å². The van der Waals surface area contributed by atoms with E-state index in [9.17, 15) is 0 Å². The average molecular weight is 2700 g/mol. The molecule has 16 nitrogen and oxygen atoms in total. The van der Waals surface area contributed by atoms with Crippen LogP contribution in [0.15, 0.2) is 49.6 Å². The molecule has 24 bridgehead atoms. The summed E-state index contributed by atoms with van der Waals surface area (Å²) in [7, 11) is 0. The van der Waals surface area contributed by atoms with Gasteiger partial charge in [-0.2, -0.15) is 0 Å². The van der Waals surface area contributed by atoms with E-state index in [1.54, 1.807) is 44.5 Å². The van der Waals surface area contributed by atoms with Gasteiger partial charge in [0.05, 0.1) is 45.6 Å². The van der Waals surface area contributed by atoms with E-state index in [1.165, 1.54) is 302 Å². The minimum atomic E-state index is -1.04. The number of hydrogen-bond donors (Lipinski definition) is 0. The molecule has 0 radical (unpaired) electrons. The topological polar surface area (TPSA) is 143 Å². The second-order valence-electron chi connectivity index (χ2n) is 61.6. The van der Waals surface area contributed by atoms with Crippen molar-refractivity contribution in [1.29, 1.82) is 0 Å². The molecular formula is C120H176B4N16Tl4. The van der Waals surface area contributed by atoms with Crippen LogP contribution >= 0.6 is 0 Å². The van der Waals surface area contributed by atoms with Gasteiger partial charge in [-0.25, -0.2) is 40.8 Å². The van der Waals surface area contributed by atoms with Crippen molar-refractivity contribution in [2.45, 2.75) is 560 Å². The second kappa shape index (κ2) is 31.8. The Hall–Kier alpha value is -2.37. The molecule has 0 unspecified atom stereocenters. The van der Waals surface area contributed by atoms with Gasteiger partial charge in [-0.15, -0.1) is 46.5 Å². The van der Waals surface area contributed by atoms with Crippen LogP contribution in [0.25, 0.3) is 0 Å². The van der Waals surface area contributed by atoms with Gasteiger partial charge in [-0.3, -0.25) is 0 Å². The van der Waals surface area contributed by atoms with Crippen LogP contribution in [0.5, 0.6) is 0 Å². The van der Waals surface area contributed by atoms with Crippen LogP contribution in [-0.4, -0.2) is 212 Å². The molecular weight excluding hydrogens is 2530 g/mol. The summed E-state index contributed by atoms with van der Waals surface area (Å²) in [6, 6.07) is 0. The van der Waals surface area contributed by atoms with Crippen molar-refractivity contribution in [2.24, 2.45) is 43.3 Å². The van der Waals surface area contributed by atoms with Gasteiger partial charge >= 0.3 is 109 Å². The summed E-state index contributed by atoms with van der Waals surface area (Å²) in [4.78, 5) is 0. The minimum absolute atomic E-state index is 0. The van der Waals surface area contributed by atoms with Crippen molar-refractivity contribution in [3.05, 3.63) is 140 Å². The van der Waals surface area contributed by atoms with E-state index in [-0.39, 0.29) is 153 Å². The summed E-state index contributed by atoms with van der Waals surface area (Å²) in [5.41, 5.74) is 28.7. The fourth-order valence-electron chi connectivity index (χ4n) is 45.9. The molecule has 8 saturated carbocycles. The number of fused-ring (bicyclic) bond motifs is 48. The molecule has 24 heteroatoms. The number of rotatable bonds is 8. The molecule has 8 aromatic heterocycles. The molecule has 0 amide bonds. The van der Waals surface area contributed by atoms with Gasteiger partial charge in [0.1, 0.15) is 0 Å². The van der Waals surface area contributed by atoms with Gasteiger partial charge in [-0.1, -0.05) is 320 Å². The maximum absolute atomic E-state index is 5.66. The summed E-state index contributed by atoms with van der Waals surface area (Å²) in [5, 5.41) is 45.3. The largest absolute Gasteiger partial charge is 1.00 e. The van der Waals surface area contributed by atoms with Crippen LogP contribution in [0.3, 0.4) is 0 Å². The van der Waals surface area contributed by atoms with Gasteiger partial charge in [0.15, 0.2) is 0 Å². The van der Waals surface area contributed by atoms with Crippen molar-refractivity contribution in [2.75, 3.05) is 0 Å². The van der Waals surface area contributed by atoms with Crippen LogP contribution in [-0.2, 0) is 43.3 Å². The molecule has 16 atom stereocenters. The van der Waals surface area contributed by atoms with E-state index in [4.69, 9.17) is 40.8 Å². The molecule has 0 aromatic carbocycles. The maximum atomic E-state index is 5.66. The predicted octanol–water partition coefficient (Wildman–Crippen LogP) is 28.0. The van der Waals surface area contributed by atoms with Crippen LogP contribution in [0, 0.1) is 43.3 Å². The number of hydrogen-bond acceptors (Lipinski definition) is 8. The molecule has 16 fully saturated rings. The van der Waals surface area contributed by atoms with Crippen LogP contribution in [0.1, 0.15) is 560 Å². The first-order valence-electron chi connectivity index (χ1n) is 59.7. The van der Waals surface area contributed by atoms with Crippen molar-refractivity contribution in [1.82, 2.24) is 77.5 Å². The van der Waals surface area contributed by atoms with Gasteiger partial charge in [0, 0.05) is 43.3 Å². The molecule has 0 spiro atoms. The Morgan fingerprint density at radius 1 is 0.167 bits per heavy atom. The summed E-state index contributed by atoms with van der Waals surface area (Å²) in [6.07, 6.45) is 70.2. The van der Waals surface area contributed by atoms with Crippen LogP contribution < -0.4 is 0 Å². The molecule has 32 rings (SSSR count). The Morgan fingerprint density at radius 3 is 0.354 bits per heavy atom. The predicted molar refractivity (Wildman–Crippen MR) is 593 cm³/mol. The van der Waals surface area contributed by atoms with E-state index in [0.717, 1.165) is 0 Å². The molecule has 8 aromatic rings. The standard InChI is InChI=1S/4C30H44BN4.4Tl/c4*1-27(2)23-13-15-29(27,5)25-21(23)17-34(32-25)31(19-9-7-10-20(31)12-8-11-19)35-18-22-24-14-16-30(6,26(22)33-35)28(24,3)4;;;;/h4*17-20,23-24H,7-16H2,1-6H3;;;;/q4*-1;4*+1/t4*19?,20?,23-,24-,29+,30+;;;;/m1111..../s1. The van der Waals surface area contributed by atoms with E-state index < -0.39 is 25.7 Å². The third-order valence-electron chi connectivity index (χ3n) is 57.2. The summed E-state index contributed by atoms with van der Waals surface area (Å²) < 4.78 is 20.7. The van der Waals surface area contributed by atoms with Gasteiger partial charge in [0.2, 0.25) is 25.7 Å². The number of aromatic nitrogens is 16. The molecule has 24 aliphatic rings. The Morgan fingerprint density at radius 2 is 0.264 bits per heavy atom. The molecule has 16 aliphatic carbocycles. The third kappa shape index (κ3) is 11.4. The SMILES string of the molecule is CC1(C)[C@@H]2CC[C@@]1(C)c1nn([B-]3(n4cc5c(n4)[C@]4(C)CC[C@H]5C4(C)C)C4CCCC3CCC4)cc12.CC1(C)[C@@H]2CC[C@@]1(C)c1nn([B-]3(n4cc5c(n4)[C@]4(C)CC[C@H]5C4(C)C)C4CCCC3CCC4)cc12.CC1(C)[C@@H]2CC[C@@]1(C)c1nn([B-]3(n4cc5c(n4)[C@]4(C)CC[C@H]5C4(C)C)C4CCCC3CCC4)cc12.CC1(C)[C@@H]2CC[C@@]1(C)c1nn([B-]3(n4cc5c(n4)[C@]4(C)CC[C@H]5C4(C)C)C4CCCC3CCC4)cc12.[Tl+].[Tl+].[Tl+].[Tl+]. The Kier molecular flexibility index (Phi) is 22.5. The Bertz CT molecular complexity index is 5380. The van der Waals surface area contributed by atoms with Gasteiger partial charge in [0.25, 0.3) is 0 Å². The second-order valence-corrected chi connectivity index (χ2v) is 61.6. The van der Waals surface area contributed by atoms with Crippen molar-refractivity contribution in [3.63, 3.8) is 0 Å². The molecule has 8 aliphatic heterocycles. The average Bonchev–Trinajstić information content (AvgIpc) is 1.51. The van der Waals surface area contributed by atoms with Crippen LogP contribution in [0.4, 0.5) is 0 Å². The summed E-state index contributed by atoms with van der Waals surface area (Å²) in [6.45, 7) is 60.2. The molecule has 144 heavy (non-hydrogen) atoms. The Labute approximate surface area is 946 Å². The van der Waals surface area contributed by atoms with Crippen molar-refractivity contribution in [3.8, 4) is 0 Å². The van der Waals surface area contributed by atoms with E-state index in [0.29, 0.717) is 137 Å². The first-order valence-corrected chi connectivity index (χ1v) is 59.7. The summed E-state index contributed by atoms with van der Waals surface area (Å²) in [5.74, 6) is 11.0.